The summed E-state index contributed by atoms with van der Waals surface area (Å²) < 4.78 is 0. The van der Waals surface area contributed by atoms with Gasteiger partial charge in [0.05, 0.1) is 13.0 Å². The van der Waals surface area contributed by atoms with Crippen LogP contribution in [-0.2, 0) is 20.8 Å². The molecule has 0 radical (unpaired) electrons. The molecule has 8 heteroatoms. The van der Waals surface area contributed by atoms with Gasteiger partial charge in [0.25, 0.3) is 0 Å². The lowest BCUT2D eigenvalue weighted by Gasteiger charge is -2.34. The molecule has 3 aliphatic rings. The van der Waals surface area contributed by atoms with Gasteiger partial charge in [0.15, 0.2) is 5.78 Å². The first-order valence-electron chi connectivity index (χ1n) is 9.91. The molecule has 2 aliphatic heterocycles. The topological polar surface area (TPSA) is 95.1 Å². The van der Waals surface area contributed by atoms with Crippen molar-refractivity contribution in [3.05, 3.63) is 29.3 Å². The highest BCUT2D eigenvalue weighted by Crippen LogP contribution is 2.32. The quantitative estimate of drug-likeness (QED) is 0.438. The highest BCUT2D eigenvalue weighted by Gasteiger charge is 2.49. The van der Waals surface area contributed by atoms with E-state index in [4.69, 9.17) is 0 Å². The smallest absolute Gasteiger partial charge is 0.315 e. The Balaban J connectivity index is 1.52. The Morgan fingerprint density at radius 3 is 2.52 bits per heavy atom. The van der Waals surface area contributed by atoms with Gasteiger partial charge in [-0.15, -0.1) is 0 Å². The van der Waals surface area contributed by atoms with Gasteiger partial charge in [0, 0.05) is 24.3 Å². The van der Waals surface area contributed by atoms with Gasteiger partial charge in [0.2, 0.25) is 5.91 Å². The molecule has 1 aliphatic carbocycles. The van der Waals surface area contributed by atoms with Crippen LogP contribution in [0.5, 0.6) is 0 Å². The van der Waals surface area contributed by atoms with Crippen LogP contribution in [0.4, 0.5) is 10.5 Å². The van der Waals surface area contributed by atoms with E-state index < -0.39 is 30.2 Å². The number of rotatable bonds is 4. The van der Waals surface area contributed by atoms with E-state index in [9.17, 15) is 24.0 Å². The number of carbonyl (C=O) groups is 5. The average molecular weight is 397 g/mol. The first-order valence-corrected chi connectivity index (χ1v) is 9.91. The number of hydrogen-bond acceptors (Lipinski definition) is 5. The molecule has 1 saturated carbocycles. The molecule has 1 saturated heterocycles. The fourth-order valence-corrected chi connectivity index (χ4v) is 4.51. The number of hydrogen-bond donors (Lipinski definition) is 0. The summed E-state index contributed by atoms with van der Waals surface area (Å²) in [5.41, 5.74) is 1.79. The van der Waals surface area contributed by atoms with Crippen molar-refractivity contribution in [1.29, 1.82) is 0 Å². The van der Waals surface area contributed by atoms with Gasteiger partial charge in [-0.2, -0.15) is 0 Å². The van der Waals surface area contributed by atoms with Crippen molar-refractivity contribution in [2.24, 2.45) is 5.92 Å². The van der Waals surface area contributed by atoms with Crippen molar-refractivity contribution in [1.82, 2.24) is 9.80 Å². The van der Waals surface area contributed by atoms with Crippen molar-refractivity contribution in [3.63, 3.8) is 0 Å². The number of imide groups is 2. The van der Waals surface area contributed by atoms with Gasteiger partial charge in [-0.1, -0.05) is 19.8 Å². The van der Waals surface area contributed by atoms with Gasteiger partial charge >= 0.3 is 17.8 Å². The Kier molecular flexibility index (Phi) is 4.72. The second kappa shape index (κ2) is 7.09. The fourth-order valence-electron chi connectivity index (χ4n) is 4.51. The first-order chi connectivity index (χ1) is 13.8. The van der Waals surface area contributed by atoms with Crippen LogP contribution in [0.3, 0.4) is 0 Å². The summed E-state index contributed by atoms with van der Waals surface area (Å²) in [6.07, 6.45) is 3.74. The maximum absolute atomic E-state index is 12.8. The monoisotopic (exact) mass is 397 g/mol. The first kappa shape index (κ1) is 19.3. The SMILES string of the molecule is C[C@H]1CCCC[C@H]1N1C(=O)C(=O)N(CC(=O)c2ccc3c(c2)CC(=O)N3C)C1=O. The number of carbonyl (C=O) groups excluding carboxylic acids is 5. The Labute approximate surface area is 168 Å². The second-order valence-electron chi connectivity index (χ2n) is 8.07. The average Bonchev–Trinajstić information content (AvgIpc) is 3.10. The third-order valence-corrected chi connectivity index (χ3v) is 6.26. The van der Waals surface area contributed by atoms with Crippen LogP contribution < -0.4 is 4.90 Å². The van der Waals surface area contributed by atoms with E-state index in [1.54, 1.807) is 25.2 Å². The molecule has 1 aromatic carbocycles. The van der Waals surface area contributed by atoms with E-state index >= 15 is 0 Å². The van der Waals surface area contributed by atoms with Gasteiger partial charge in [0.1, 0.15) is 0 Å². The number of benzene rings is 1. The number of Topliss-reactive ketones (excluding diaryl/α,β-unsaturated/α-hetero) is 1. The molecular weight excluding hydrogens is 374 g/mol. The Bertz CT molecular complexity index is 940. The van der Waals surface area contributed by atoms with Crippen molar-refractivity contribution in [2.45, 2.75) is 45.1 Å². The highest BCUT2D eigenvalue weighted by molar-refractivity contribution is 6.45. The largest absolute Gasteiger partial charge is 0.334 e. The Morgan fingerprint density at radius 1 is 1.07 bits per heavy atom. The molecule has 2 heterocycles. The minimum Gasteiger partial charge on any atom is -0.315 e. The summed E-state index contributed by atoms with van der Waals surface area (Å²) in [6, 6.07) is 3.87. The predicted octanol–water partition coefficient (Wildman–Crippen LogP) is 1.76. The zero-order chi connectivity index (χ0) is 20.9. The summed E-state index contributed by atoms with van der Waals surface area (Å²) >= 11 is 0. The third kappa shape index (κ3) is 3.12. The van der Waals surface area contributed by atoms with Crippen LogP contribution in [0.25, 0.3) is 0 Å². The van der Waals surface area contributed by atoms with Gasteiger partial charge < -0.3 is 4.90 Å². The van der Waals surface area contributed by atoms with Crippen LogP contribution in [0.2, 0.25) is 0 Å². The van der Waals surface area contributed by atoms with E-state index in [0.717, 1.165) is 40.3 Å². The molecule has 152 valence electrons. The second-order valence-corrected chi connectivity index (χ2v) is 8.07. The molecule has 1 aromatic rings. The van der Waals surface area contributed by atoms with Crippen LogP contribution in [0, 0.1) is 5.92 Å². The van der Waals surface area contributed by atoms with Crippen LogP contribution in [0.15, 0.2) is 18.2 Å². The van der Waals surface area contributed by atoms with Gasteiger partial charge in [-0.25, -0.2) is 9.69 Å². The molecular formula is C21H23N3O5. The molecule has 0 aromatic heterocycles. The standard InChI is InChI=1S/C21H23N3O5/c1-12-5-3-4-6-15(12)24-20(28)19(27)23(21(24)29)11-17(25)13-7-8-16-14(9-13)10-18(26)22(16)2/h7-9,12,15H,3-6,10-11H2,1-2H3/t12-,15+/m0/s1. The summed E-state index contributed by atoms with van der Waals surface area (Å²) in [4.78, 5) is 65.6. The Hall–Kier alpha value is -3.03. The van der Waals surface area contributed by atoms with E-state index in [1.165, 1.54) is 4.90 Å². The maximum atomic E-state index is 12.8. The summed E-state index contributed by atoms with van der Waals surface area (Å²) in [6.45, 7) is 1.50. The van der Waals surface area contributed by atoms with Crippen LogP contribution >= 0.6 is 0 Å². The maximum Gasteiger partial charge on any atom is 0.334 e. The number of fused-ring (bicyclic) bond motifs is 1. The van der Waals surface area contributed by atoms with Crippen molar-refractivity contribution in [2.75, 3.05) is 18.5 Å². The molecule has 0 spiro atoms. The lowest BCUT2D eigenvalue weighted by atomic mass is 9.85. The molecule has 2 atom stereocenters. The van der Waals surface area contributed by atoms with E-state index in [2.05, 4.69) is 0 Å². The molecule has 5 amide bonds. The summed E-state index contributed by atoms with van der Waals surface area (Å²) in [5, 5.41) is 0. The number of ketones is 1. The zero-order valence-electron chi connectivity index (χ0n) is 16.5. The molecule has 0 unspecified atom stereocenters. The molecule has 0 bridgehead atoms. The normalized spacial score (nSPS) is 24.6. The summed E-state index contributed by atoms with van der Waals surface area (Å²) in [7, 11) is 1.67. The number of urea groups is 1. The lowest BCUT2D eigenvalue weighted by molar-refractivity contribution is -0.144. The Morgan fingerprint density at radius 2 is 1.79 bits per heavy atom. The molecule has 8 nitrogen and oxygen atoms in total. The van der Waals surface area contributed by atoms with E-state index in [0.29, 0.717) is 12.0 Å². The zero-order valence-corrected chi connectivity index (χ0v) is 16.5. The number of amides is 5. The highest BCUT2D eigenvalue weighted by atomic mass is 16.2. The number of likely N-dealkylation sites (N-methyl/N-ethyl adjacent to an activating group) is 1. The predicted molar refractivity (Wildman–Crippen MR) is 103 cm³/mol. The van der Waals surface area contributed by atoms with Crippen LogP contribution in [0.1, 0.15) is 48.5 Å². The lowest BCUT2D eigenvalue weighted by Crippen LogP contribution is -2.46. The number of nitrogens with zero attached hydrogens (tertiary/aromatic N) is 3. The van der Waals surface area contributed by atoms with E-state index in [-0.39, 0.29) is 24.3 Å². The molecule has 29 heavy (non-hydrogen) atoms. The minimum atomic E-state index is -0.947. The number of anilines is 1. The van der Waals surface area contributed by atoms with Crippen molar-refractivity contribution in [3.8, 4) is 0 Å². The molecule has 4 rings (SSSR count). The fraction of sp³-hybridized carbons (Fsp3) is 0.476. The van der Waals surface area contributed by atoms with Gasteiger partial charge in [-0.3, -0.25) is 24.1 Å². The van der Waals surface area contributed by atoms with Crippen molar-refractivity contribution >= 4 is 35.2 Å². The molecule has 0 N–H and O–H groups in total. The van der Waals surface area contributed by atoms with Crippen molar-refractivity contribution < 1.29 is 24.0 Å². The third-order valence-electron chi connectivity index (χ3n) is 6.26. The summed E-state index contributed by atoms with van der Waals surface area (Å²) in [5.74, 6) is -2.16. The minimum absolute atomic E-state index is 0.0580. The molecule has 2 fully saturated rings. The van der Waals surface area contributed by atoms with Crippen LogP contribution in [-0.4, -0.2) is 59.0 Å². The van der Waals surface area contributed by atoms with Gasteiger partial charge in [-0.05, 0) is 42.5 Å². The van der Waals surface area contributed by atoms with E-state index in [1.807, 2.05) is 6.92 Å².